The summed E-state index contributed by atoms with van der Waals surface area (Å²) in [5.74, 6) is 1.53. The van der Waals surface area contributed by atoms with E-state index in [-0.39, 0.29) is 16.6 Å². The maximum absolute atomic E-state index is 12.4. The summed E-state index contributed by atoms with van der Waals surface area (Å²) < 4.78 is 5.60. The predicted molar refractivity (Wildman–Crippen MR) is 86.6 cm³/mol. The summed E-state index contributed by atoms with van der Waals surface area (Å²) in [6.45, 7) is 8.34. The van der Waals surface area contributed by atoms with Crippen molar-refractivity contribution in [3.8, 4) is 11.5 Å². The standard InChI is InChI=1S/C19H26O3/c1-11-10-12-6-7-13-18(2,3)14(20)8-9-19(13,4)15(12)17(22-5)16(11)21/h10,13,21H,6-9H2,1-5H3/t13-,19-/m1/s1. The van der Waals surface area contributed by atoms with Gasteiger partial charge in [0.2, 0.25) is 0 Å². The van der Waals surface area contributed by atoms with E-state index in [1.807, 2.05) is 6.92 Å². The van der Waals surface area contributed by atoms with E-state index in [0.717, 1.165) is 30.4 Å². The zero-order chi connectivity index (χ0) is 16.3. The number of phenolic OH excluding ortho intramolecular Hbond substituents is 1. The van der Waals surface area contributed by atoms with Crippen molar-refractivity contribution in [3.05, 3.63) is 22.8 Å². The molecule has 3 rings (SSSR count). The number of ether oxygens (including phenoxy) is 1. The Kier molecular flexibility index (Phi) is 3.32. The highest BCUT2D eigenvalue weighted by Crippen LogP contribution is 2.59. The number of methoxy groups -OCH3 is 1. The Balaban J connectivity index is 2.25. The molecule has 120 valence electrons. The van der Waals surface area contributed by atoms with Crippen molar-refractivity contribution < 1.29 is 14.6 Å². The lowest BCUT2D eigenvalue weighted by molar-refractivity contribution is -0.137. The Morgan fingerprint density at radius 2 is 1.95 bits per heavy atom. The lowest BCUT2D eigenvalue weighted by Crippen LogP contribution is -2.52. The van der Waals surface area contributed by atoms with Crippen molar-refractivity contribution in [2.45, 2.75) is 58.8 Å². The maximum atomic E-state index is 12.4. The molecule has 1 aromatic carbocycles. The lowest BCUT2D eigenvalue weighted by atomic mass is 9.50. The SMILES string of the molecule is COc1c(O)c(C)cc2c1[C@]1(C)CCC(=O)C(C)(C)[C@H]1CC2. The van der Waals surface area contributed by atoms with Gasteiger partial charge in [-0.1, -0.05) is 26.8 Å². The van der Waals surface area contributed by atoms with Crippen LogP contribution in [-0.4, -0.2) is 18.0 Å². The van der Waals surface area contributed by atoms with Crippen LogP contribution in [0.25, 0.3) is 0 Å². The molecule has 0 saturated heterocycles. The molecule has 1 saturated carbocycles. The molecule has 2 atom stereocenters. The molecule has 1 N–H and O–H groups in total. The average Bonchev–Trinajstić information content (AvgIpc) is 2.45. The Morgan fingerprint density at radius 1 is 1.27 bits per heavy atom. The molecule has 0 radical (unpaired) electrons. The molecule has 1 fully saturated rings. The predicted octanol–water partition coefficient (Wildman–Crippen LogP) is 3.92. The Morgan fingerprint density at radius 3 is 2.59 bits per heavy atom. The number of benzene rings is 1. The number of aromatic hydroxyl groups is 1. The van der Waals surface area contributed by atoms with E-state index in [1.54, 1.807) is 7.11 Å². The molecule has 3 nitrogen and oxygen atoms in total. The highest BCUT2D eigenvalue weighted by molar-refractivity contribution is 5.86. The quantitative estimate of drug-likeness (QED) is 0.855. The third-order valence-corrected chi connectivity index (χ3v) is 6.24. The molecule has 0 aromatic heterocycles. The van der Waals surface area contributed by atoms with Crippen LogP contribution in [0.4, 0.5) is 0 Å². The lowest BCUT2D eigenvalue weighted by Gasteiger charge is -2.53. The summed E-state index contributed by atoms with van der Waals surface area (Å²) in [5, 5.41) is 10.4. The van der Waals surface area contributed by atoms with Gasteiger partial charge in [0.05, 0.1) is 7.11 Å². The third-order valence-electron chi connectivity index (χ3n) is 6.24. The van der Waals surface area contributed by atoms with Gasteiger partial charge in [-0.25, -0.2) is 0 Å². The number of hydrogen-bond donors (Lipinski definition) is 1. The molecule has 1 aromatic rings. The van der Waals surface area contributed by atoms with E-state index in [0.29, 0.717) is 23.9 Å². The van der Waals surface area contributed by atoms with Crippen LogP contribution in [0.15, 0.2) is 6.07 Å². The van der Waals surface area contributed by atoms with Gasteiger partial charge < -0.3 is 9.84 Å². The number of Topliss-reactive ketones (excluding diaryl/α,β-unsaturated/α-hetero) is 1. The number of carbonyl (C=O) groups is 1. The fraction of sp³-hybridized carbons (Fsp3) is 0.632. The zero-order valence-electron chi connectivity index (χ0n) is 14.2. The van der Waals surface area contributed by atoms with Gasteiger partial charge >= 0.3 is 0 Å². The fourth-order valence-electron chi connectivity index (χ4n) is 5.01. The van der Waals surface area contributed by atoms with E-state index in [4.69, 9.17) is 4.74 Å². The van der Waals surface area contributed by atoms with E-state index in [2.05, 4.69) is 26.8 Å². The largest absolute Gasteiger partial charge is 0.504 e. The number of carbonyl (C=O) groups excluding carboxylic acids is 1. The Hall–Kier alpha value is -1.51. The Bertz CT molecular complexity index is 645. The minimum atomic E-state index is -0.309. The van der Waals surface area contributed by atoms with Gasteiger partial charge in [0.25, 0.3) is 0 Å². The van der Waals surface area contributed by atoms with Crippen LogP contribution >= 0.6 is 0 Å². The molecule has 0 unspecified atom stereocenters. The summed E-state index contributed by atoms with van der Waals surface area (Å²) >= 11 is 0. The van der Waals surface area contributed by atoms with Crippen molar-refractivity contribution in [1.29, 1.82) is 0 Å². The molecule has 0 heterocycles. The fourth-order valence-corrected chi connectivity index (χ4v) is 5.01. The summed E-state index contributed by atoms with van der Waals surface area (Å²) in [4.78, 5) is 12.4. The number of rotatable bonds is 1. The molecule has 0 bridgehead atoms. The summed E-state index contributed by atoms with van der Waals surface area (Å²) in [6.07, 6.45) is 3.42. The maximum Gasteiger partial charge on any atom is 0.164 e. The van der Waals surface area contributed by atoms with Gasteiger partial charge in [-0.05, 0) is 43.2 Å². The summed E-state index contributed by atoms with van der Waals surface area (Å²) in [5.41, 5.74) is 2.85. The van der Waals surface area contributed by atoms with E-state index >= 15 is 0 Å². The smallest absolute Gasteiger partial charge is 0.164 e. The number of phenols is 1. The van der Waals surface area contributed by atoms with Crippen molar-refractivity contribution >= 4 is 5.78 Å². The van der Waals surface area contributed by atoms with E-state index in [1.165, 1.54) is 5.56 Å². The van der Waals surface area contributed by atoms with E-state index < -0.39 is 0 Å². The first-order valence-electron chi connectivity index (χ1n) is 8.16. The molecule has 0 spiro atoms. The molecule has 22 heavy (non-hydrogen) atoms. The molecular formula is C19H26O3. The first-order chi connectivity index (χ1) is 10.2. The van der Waals surface area contributed by atoms with Gasteiger partial charge in [0.1, 0.15) is 5.78 Å². The molecule has 0 amide bonds. The van der Waals surface area contributed by atoms with Crippen LogP contribution in [-0.2, 0) is 16.6 Å². The first kappa shape index (κ1) is 15.4. The molecule has 2 aliphatic carbocycles. The van der Waals surface area contributed by atoms with Crippen molar-refractivity contribution in [3.63, 3.8) is 0 Å². The molecule has 2 aliphatic rings. The third kappa shape index (κ3) is 1.84. The summed E-state index contributed by atoms with van der Waals surface area (Å²) in [7, 11) is 1.63. The molecule has 3 heteroatoms. The first-order valence-corrected chi connectivity index (χ1v) is 8.16. The monoisotopic (exact) mass is 302 g/mol. The molecular weight excluding hydrogens is 276 g/mol. The number of hydrogen-bond acceptors (Lipinski definition) is 3. The average molecular weight is 302 g/mol. The van der Waals surface area contributed by atoms with Crippen LogP contribution in [0.1, 0.15) is 56.7 Å². The van der Waals surface area contributed by atoms with Gasteiger partial charge in [-0.15, -0.1) is 0 Å². The second-order valence-electron chi connectivity index (χ2n) is 7.76. The topological polar surface area (TPSA) is 46.5 Å². The number of fused-ring (bicyclic) bond motifs is 3. The van der Waals surface area contributed by atoms with Gasteiger partial charge in [-0.2, -0.15) is 0 Å². The van der Waals surface area contributed by atoms with Gasteiger partial charge in [0.15, 0.2) is 11.5 Å². The van der Waals surface area contributed by atoms with Crippen molar-refractivity contribution in [1.82, 2.24) is 0 Å². The zero-order valence-corrected chi connectivity index (χ0v) is 14.2. The normalized spacial score (nSPS) is 29.7. The van der Waals surface area contributed by atoms with Crippen molar-refractivity contribution in [2.75, 3.05) is 7.11 Å². The second kappa shape index (κ2) is 4.74. The highest BCUT2D eigenvalue weighted by atomic mass is 16.5. The highest BCUT2D eigenvalue weighted by Gasteiger charge is 2.54. The van der Waals surface area contributed by atoms with Crippen LogP contribution in [0.5, 0.6) is 11.5 Å². The van der Waals surface area contributed by atoms with Crippen molar-refractivity contribution in [2.24, 2.45) is 11.3 Å². The number of aryl methyl sites for hydroxylation is 2. The van der Waals surface area contributed by atoms with Crippen LogP contribution < -0.4 is 4.74 Å². The minimum Gasteiger partial charge on any atom is -0.504 e. The number of ketones is 1. The van der Waals surface area contributed by atoms with Gasteiger partial charge in [0, 0.05) is 22.8 Å². The van der Waals surface area contributed by atoms with E-state index in [9.17, 15) is 9.90 Å². The second-order valence-corrected chi connectivity index (χ2v) is 7.76. The van der Waals surface area contributed by atoms with Gasteiger partial charge in [-0.3, -0.25) is 4.79 Å². The van der Waals surface area contributed by atoms with Crippen LogP contribution in [0.2, 0.25) is 0 Å². The van der Waals surface area contributed by atoms with Crippen LogP contribution in [0.3, 0.4) is 0 Å². The molecule has 0 aliphatic heterocycles. The minimum absolute atomic E-state index is 0.110. The summed E-state index contributed by atoms with van der Waals surface area (Å²) in [6, 6.07) is 2.10. The Labute approximate surface area is 132 Å². The van der Waals surface area contributed by atoms with Crippen LogP contribution in [0, 0.1) is 18.3 Å².